The number of rotatable bonds is 36. The van der Waals surface area contributed by atoms with Crippen LogP contribution < -0.4 is 4.89 Å². The molecule has 0 aliphatic carbocycles. The second kappa shape index (κ2) is 34.5. The third kappa shape index (κ3) is 37.7. The van der Waals surface area contributed by atoms with Crippen molar-refractivity contribution in [3.63, 3.8) is 0 Å². The molecule has 0 aromatic rings. The lowest BCUT2D eigenvalue weighted by atomic mass is 10.1. The van der Waals surface area contributed by atoms with E-state index in [1.165, 1.54) is 44.9 Å². The van der Waals surface area contributed by atoms with Gasteiger partial charge < -0.3 is 27.9 Å². The molecule has 0 saturated heterocycles. The first-order valence-electron chi connectivity index (χ1n) is 19.9. The maximum Gasteiger partial charge on any atom is 0.306 e. The first kappa shape index (κ1) is 48.5. The number of allylic oxidation sites excluding steroid dienone is 8. The van der Waals surface area contributed by atoms with Crippen molar-refractivity contribution in [2.24, 2.45) is 0 Å². The van der Waals surface area contributed by atoms with E-state index >= 15 is 0 Å². The predicted octanol–water partition coefficient (Wildman–Crippen LogP) is 10.6. The van der Waals surface area contributed by atoms with Crippen molar-refractivity contribution >= 4 is 13.8 Å². The summed E-state index contributed by atoms with van der Waals surface area (Å²) < 4.78 is 34.4. The lowest BCUT2D eigenvalue weighted by molar-refractivity contribution is -0.870. The highest BCUT2D eigenvalue weighted by Crippen LogP contribution is 2.38. The van der Waals surface area contributed by atoms with E-state index in [4.69, 9.17) is 18.5 Å². The van der Waals surface area contributed by atoms with Gasteiger partial charge in [-0.25, -0.2) is 0 Å². The number of hydrogen-bond acceptors (Lipinski definition) is 7. The minimum atomic E-state index is -4.53. The molecule has 0 amide bonds. The number of phosphoric ester groups is 1. The number of carbonyl (C=O) groups is 1. The number of phosphoric acid groups is 1. The second-order valence-electron chi connectivity index (χ2n) is 14.3. The van der Waals surface area contributed by atoms with Gasteiger partial charge >= 0.3 is 5.97 Å². The van der Waals surface area contributed by atoms with Gasteiger partial charge in [0.05, 0.1) is 34.4 Å². The number of hydrogen-bond donors (Lipinski definition) is 0. The number of esters is 1. The van der Waals surface area contributed by atoms with Crippen molar-refractivity contribution in [3.8, 4) is 0 Å². The fourth-order valence-corrected chi connectivity index (χ4v) is 5.75. The van der Waals surface area contributed by atoms with Crippen molar-refractivity contribution in [1.82, 2.24) is 0 Å². The van der Waals surface area contributed by atoms with Crippen LogP contribution in [0.5, 0.6) is 0 Å². The summed E-state index contributed by atoms with van der Waals surface area (Å²) in [6.45, 7) is 5.20. The van der Waals surface area contributed by atoms with Crippen LogP contribution in [0, 0.1) is 0 Å². The molecule has 2 unspecified atom stereocenters. The Morgan fingerprint density at radius 2 is 1.16 bits per heavy atom. The average molecular weight is 726 g/mol. The van der Waals surface area contributed by atoms with Gasteiger partial charge in [-0.3, -0.25) is 9.36 Å². The molecule has 0 aliphatic heterocycles. The van der Waals surface area contributed by atoms with Gasteiger partial charge in [-0.05, 0) is 70.6 Å². The van der Waals surface area contributed by atoms with E-state index in [1.54, 1.807) is 0 Å². The van der Waals surface area contributed by atoms with Gasteiger partial charge in [0.25, 0.3) is 7.82 Å². The topological polar surface area (TPSA) is 94.1 Å². The number of ether oxygens (including phenoxy) is 2. The Morgan fingerprint density at radius 1 is 0.640 bits per heavy atom. The molecule has 0 rings (SSSR count). The van der Waals surface area contributed by atoms with E-state index in [1.807, 2.05) is 21.1 Å². The number of unbranched alkanes of at least 4 members (excludes halogenated alkanes) is 14. The first-order valence-corrected chi connectivity index (χ1v) is 21.3. The van der Waals surface area contributed by atoms with Crippen molar-refractivity contribution in [2.45, 2.75) is 155 Å². The molecule has 0 heterocycles. The van der Waals surface area contributed by atoms with Crippen LogP contribution in [0.4, 0.5) is 0 Å². The molecule has 9 heteroatoms. The fraction of sp³-hybridized carbons (Fsp3) is 0.780. The largest absolute Gasteiger partial charge is 0.756 e. The maximum absolute atomic E-state index is 12.6. The molecule has 0 spiro atoms. The Labute approximate surface area is 308 Å². The van der Waals surface area contributed by atoms with Gasteiger partial charge in [-0.15, -0.1) is 0 Å². The minimum Gasteiger partial charge on any atom is -0.756 e. The zero-order valence-corrected chi connectivity index (χ0v) is 33.7. The van der Waals surface area contributed by atoms with E-state index in [0.717, 1.165) is 83.5 Å². The summed E-state index contributed by atoms with van der Waals surface area (Å²) in [6.07, 6.45) is 39.8. The fourth-order valence-electron chi connectivity index (χ4n) is 5.02. The molecule has 0 fully saturated rings. The minimum absolute atomic E-state index is 0.0183. The van der Waals surface area contributed by atoms with E-state index in [2.05, 4.69) is 62.5 Å². The van der Waals surface area contributed by atoms with E-state index in [-0.39, 0.29) is 25.8 Å². The third-order valence-corrected chi connectivity index (χ3v) is 9.08. The summed E-state index contributed by atoms with van der Waals surface area (Å²) in [5, 5.41) is 0. The molecule has 2 atom stereocenters. The Balaban J connectivity index is 4.35. The zero-order valence-electron chi connectivity index (χ0n) is 32.8. The predicted molar refractivity (Wildman–Crippen MR) is 208 cm³/mol. The third-order valence-electron chi connectivity index (χ3n) is 8.11. The first-order chi connectivity index (χ1) is 24.1. The van der Waals surface area contributed by atoms with Gasteiger partial charge in [-0.1, -0.05) is 120 Å². The lowest BCUT2D eigenvalue weighted by Crippen LogP contribution is -2.37. The summed E-state index contributed by atoms with van der Waals surface area (Å²) in [4.78, 5) is 24.9. The van der Waals surface area contributed by atoms with Crippen LogP contribution in [0.3, 0.4) is 0 Å². The molecule has 0 N–H and O–H groups in total. The number of quaternary nitrogens is 1. The molecule has 0 aliphatic rings. The smallest absolute Gasteiger partial charge is 0.306 e. The highest BCUT2D eigenvalue weighted by molar-refractivity contribution is 7.45. The summed E-state index contributed by atoms with van der Waals surface area (Å²) in [7, 11) is 1.33. The van der Waals surface area contributed by atoms with Crippen LogP contribution in [0.15, 0.2) is 48.6 Å². The molecule has 0 aromatic heterocycles. The Morgan fingerprint density at radius 3 is 1.76 bits per heavy atom. The lowest BCUT2D eigenvalue weighted by Gasteiger charge is -2.28. The van der Waals surface area contributed by atoms with E-state index < -0.39 is 13.9 Å². The SMILES string of the molecule is CC/C=C\C/C=C\C/C=C\CCCCCCOCC(COP(=O)([O-])OCC[N+](C)(C)C)OC(=O)CCCCCCC/C=C\CCCCCCC. The molecule has 50 heavy (non-hydrogen) atoms. The number of nitrogens with zero attached hydrogens (tertiary/aromatic N) is 1. The highest BCUT2D eigenvalue weighted by atomic mass is 31.2. The van der Waals surface area contributed by atoms with Crippen LogP contribution in [-0.2, 0) is 27.9 Å². The maximum atomic E-state index is 12.6. The second-order valence-corrected chi connectivity index (χ2v) is 15.7. The highest BCUT2D eigenvalue weighted by Gasteiger charge is 2.20. The monoisotopic (exact) mass is 726 g/mol. The van der Waals surface area contributed by atoms with Gasteiger partial charge in [0.15, 0.2) is 0 Å². The Bertz CT molecular complexity index is 942. The summed E-state index contributed by atoms with van der Waals surface area (Å²) in [5.74, 6) is -0.354. The molecule has 0 bridgehead atoms. The Kier molecular flexibility index (Phi) is 33.5. The van der Waals surface area contributed by atoms with Gasteiger partial charge in [0.2, 0.25) is 0 Å². The summed E-state index contributed by atoms with van der Waals surface area (Å²) in [5.41, 5.74) is 0. The van der Waals surface area contributed by atoms with Crippen molar-refractivity contribution < 1.29 is 37.3 Å². The summed E-state index contributed by atoms with van der Waals surface area (Å²) >= 11 is 0. The quantitative estimate of drug-likeness (QED) is 0.0209. The van der Waals surface area contributed by atoms with Crippen LogP contribution >= 0.6 is 7.82 Å². The van der Waals surface area contributed by atoms with E-state index in [9.17, 15) is 14.3 Å². The van der Waals surface area contributed by atoms with Crippen molar-refractivity contribution in [2.75, 3.05) is 54.1 Å². The van der Waals surface area contributed by atoms with Crippen LogP contribution in [0.1, 0.15) is 149 Å². The van der Waals surface area contributed by atoms with E-state index in [0.29, 0.717) is 24.1 Å². The average Bonchev–Trinajstić information content (AvgIpc) is 3.06. The molecule has 0 aromatic carbocycles. The Hall–Kier alpha value is -1.54. The van der Waals surface area contributed by atoms with Gasteiger partial charge in [-0.2, -0.15) is 0 Å². The van der Waals surface area contributed by atoms with Crippen molar-refractivity contribution in [1.29, 1.82) is 0 Å². The molecular weight excluding hydrogens is 649 g/mol. The number of likely N-dealkylation sites (N-methyl/N-ethyl adjacent to an activating group) is 1. The molecular formula is C41H76NO7P. The van der Waals surface area contributed by atoms with Crippen LogP contribution in [0.2, 0.25) is 0 Å². The molecule has 292 valence electrons. The van der Waals surface area contributed by atoms with Crippen LogP contribution in [0.25, 0.3) is 0 Å². The van der Waals surface area contributed by atoms with Crippen molar-refractivity contribution in [3.05, 3.63) is 48.6 Å². The molecule has 0 saturated carbocycles. The van der Waals surface area contributed by atoms with Gasteiger partial charge in [0, 0.05) is 13.0 Å². The molecule has 0 radical (unpaired) electrons. The normalized spacial score (nSPS) is 14.4. The number of carbonyl (C=O) groups excluding carboxylic acids is 1. The molecule has 8 nitrogen and oxygen atoms in total. The summed E-state index contributed by atoms with van der Waals surface area (Å²) in [6, 6.07) is 0. The van der Waals surface area contributed by atoms with Crippen LogP contribution in [-0.4, -0.2) is 70.7 Å². The zero-order chi connectivity index (χ0) is 37.0. The standard InChI is InChI=1S/C41H76NO7P/c1-6-8-10-12-14-16-18-20-22-24-26-28-30-32-34-41(43)49-40(39-48-50(44,45)47-37-35-42(3,4)5)38-46-36-33-31-29-27-25-23-21-19-17-15-13-11-9-7-2/h9,11,15,17-18,20-21,23,40H,6-8,10,12-14,16,19,22,24-39H2,1-5H3/b11-9-,17-15-,20-18-,23-21-. The van der Waals surface area contributed by atoms with Gasteiger partial charge in [0.1, 0.15) is 19.3 Å².